The summed E-state index contributed by atoms with van der Waals surface area (Å²) in [6.07, 6.45) is 8.17. The molecule has 1 rings (SSSR count). The van der Waals surface area contributed by atoms with Crippen molar-refractivity contribution in [1.29, 1.82) is 0 Å². The van der Waals surface area contributed by atoms with Gasteiger partial charge in [-0.05, 0) is 13.8 Å². The molecule has 2 unspecified atom stereocenters. The van der Waals surface area contributed by atoms with Gasteiger partial charge in [0.1, 0.15) is 6.10 Å². The summed E-state index contributed by atoms with van der Waals surface area (Å²) in [5.74, 6) is -0.600. The summed E-state index contributed by atoms with van der Waals surface area (Å²) < 4.78 is 5.52. The maximum Gasteiger partial charge on any atom is 0.245 e. The molecule has 0 bridgehead atoms. The van der Waals surface area contributed by atoms with Crippen molar-refractivity contribution < 1.29 is 9.53 Å². The lowest BCUT2D eigenvalue weighted by atomic mass is 9.96. The molecule has 16 heavy (non-hydrogen) atoms. The molecule has 0 saturated heterocycles. The monoisotopic (exact) mass is 241 g/mol. The van der Waals surface area contributed by atoms with Crippen LogP contribution in [-0.4, -0.2) is 23.5 Å². The van der Waals surface area contributed by atoms with Gasteiger partial charge >= 0.3 is 0 Å². The molecule has 3 nitrogen and oxygen atoms in total. The second-order valence-corrected chi connectivity index (χ2v) is 4.54. The van der Waals surface area contributed by atoms with Crippen molar-refractivity contribution >= 4 is 17.5 Å². The minimum Gasteiger partial charge on any atom is -0.368 e. The molecule has 0 radical (unpaired) electrons. The molecule has 0 aliphatic heterocycles. The molecule has 88 valence electrons. The number of hydrogen-bond donors (Lipinski definition) is 1. The van der Waals surface area contributed by atoms with E-state index in [1.54, 1.807) is 24.3 Å². The van der Waals surface area contributed by atoms with E-state index in [4.69, 9.17) is 22.1 Å². The molecule has 0 fully saturated rings. The van der Waals surface area contributed by atoms with Crippen LogP contribution in [0.4, 0.5) is 0 Å². The molecule has 1 aliphatic rings. The molecular formula is C12H16ClNO2. The molecule has 0 aromatic carbocycles. The summed E-state index contributed by atoms with van der Waals surface area (Å²) in [6.45, 7) is 4.36. The van der Waals surface area contributed by atoms with Gasteiger partial charge in [0.25, 0.3) is 0 Å². The smallest absolute Gasteiger partial charge is 0.245 e. The first-order chi connectivity index (χ1) is 7.47. The Balaban J connectivity index is 2.70. The molecule has 2 atom stereocenters. The molecule has 1 amide bonds. The average Bonchev–Trinajstić information content (AvgIpc) is 2.20. The zero-order chi connectivity index (χ0) is 12.2. The number of nitrogens with two attached hydrogens (primary N) is 1. The fourth-order valence-corrected chi connectivity index (χ4v) is 1.52. The van der Waals surface area contributed by atoms with Crippen molar-refractivity contribution in [3.05, 3.63) is 36.0 Å². The topological polar surface area (TPSA) is 52.3 Å². The van der Waals surface area contributed by atoms with Crippen LogP contribution in [0.2, 0.25) is 0 Å². The number of allylic oxidation sites excluding steroid dienone is 3. The molecule has 2 N–H and O–H groups in total. The molecule has 1 aliphatic carbocycles. The first-order valence-electron chi connectivity index (χ1n) is 5.06. The standard InChI is InChI=1S/C12H16ClNO2/c1-9(2)6-8-16-10-5-3-4-7-12(10,13)11(14)15/h3-7,10H,8H2,1-2H3,(H2,14,15). The van der Waals surface area contributed by atoms with Crippen LogP contribution in [0, 0.1) is 0 Å². The molecule has 0 aromatic heterocycles. The lowest BCUT2D eigenvalue weighted by Crippen LogP contribution is -2.48. The van der Waals surface area contributed by atoms with Gasteiger partial charge in [-0.2, -0.15) is 0 Å². The van der Waals surface area contributed by atoms with Gasteiger partial charge in [-0.25, -0.2) is 0 Å². The predicted octanol–water partition coefficient (Wildman–Crippen LogP) is 1.93. The van der Waals surface area contributed by atoms with Gasteiger partial charge in [0.15, 0.2) is 4.87 Å². The van der Waals surface area contributed by atoms with E-state index in [1.165, 1.54) is 0 Å². The fraction of sp³-hybridized carbons (Fsp3) is 0.417. The highest BCUT2D eigenvalue weighted by Crippen LogP contribution is 2.28. The molecule has 0 saturated carbocycles. The van der Waals surface area contributed by atoms with E-state index >= 15 is 0 Å². The predicted molar refractivity (Wildman–Crippen MR) is 65.2 cm³/mol. The van der Waals surface area contributed by atoms with E-state index in [1.807, 2.05) is 19.9 Å². The Morgan fingerprint density at radius 3 is 2.81 bits per heavy atom. The van der Waals surface area contributed by atoms with Crippen LogP contribution in [0.15, 0.2) is 36.0 Å². The van der Waals surface area contributed by atoms with Crippen molar-refractivity contribution in [2.45, 2.75) is 24.8 Å². The Bertz CT molecular complexity index is 356. The highest BCUT2D eigenvalue weighted by atomic mass is 35.5. The van der Waals surface area contributed by atoms with Gasteiger partial charge in [0.05, 0.1) is 6.61 Å². The van der Waals surface area contributed by atoms with Gasteiger partial charge in [0.2, 0.25) is 5.91 Å². The first kappa shape index (κ1) is 13.0. The van der Waals surface area contributed by atoms with E-state index in [2.05, 4.69) is 0 Å². The van der Waals surface area contributed by atoms with E-state index in [-0.39, 0.29) is 0 Å². The summed E-state index contributed by atoms with van der Waals surface area (Å²) in [5, 5.41) is 0. The van der Waals surface area contributed by atoms with Crippen molar-refractivity contribution in [3.63, 3.8) is 0 Å². The summed E-state index contributed by atoms with van der Waals surface area (Å²) in [5.41, 5.74) is 6.42. The summed E-state index contributed by atoms with van der Waals surface area (Å²) in [4.78, 5) is 10.0. The maximum absolute atomic E-state index is 11.3. The third kappa shape index (κ3) is 2.97. The number of rotatable bonds is 4. The highest BCUT2D eigenvalue weighted by molar-refractivity contribution is 6.37. The zero-order valence-corrected chi connectivity index (χ0v) is 10.2. The SMILES string of the molecule is CC(C)=CCOC1C=CC=CC1(Cl)C(N)=O. The zero-order valence-electron chi connectivity index (χ0n) is 9.44. The van der Waals surface area contributed by atoms with E-state index in [0.29, 0.717) is 6.61 Å². The number of carbonyl (C=O) groups is 1. The Labute approximate surface area is 101 Å². The third-order valence-corrected chi connectivity index (χ3v) is 2.82. The summed E-state index contributed by atoms with van der Waals surface area (Å²) in [6, 6.07) is 0. The first-order valence-corrected chi connectivity index (χ1v) is 5.44. The lowest BCUT2D eigenvalue weighted by Gasteiger charge is -2.29. The molecule has 0 spiro atoms. The van der Waals surface area contributed by atoms with E-state index in [9.17, 15) is 4.79 Å². The van der Waals surface area contributed by atoms with Crippen molar-refractivity contribution in [1.82, 2.24) is 0 Å². The van der Waals surface area contributed by atoms with Crippen molar-refractivity contribution in [2.24, 2.45) is 5.73 Å². The Morgan fingerprint density at radius 1 is 1.56 bits per heavy atom. The van der Waals surface area contributed by atoms with Crippen LogP contribution < -0.4 is 5.73 Å². The summed E-state index contributed by atoms with van der Waals surface area (Å²) in [7, 11) is 0. The van der Waals surface area contributed by atoms with Crippen LogP contribution in [0.25, 0.3) is 0 Å². The van der Waals surface area contributed by atoms with E-state index in [0.717, 1.165) is 5.57 Å². The Hall–Kier alpha value is -1.06. The fourth-order valence-electron chi connectivity index (χ4n) is 1.31. The Morgan fingerprint density at radius 2 is 2.25 bits per heavy atom. The number of halogens is 1. The van der Waals surface area contributed by atoms with Crippen LogP contribution in [0.3, 0.4) is 0 Å². The minimum absolute atomic E-state index is 0.410. The molecule has 4 heteroatoms. The van der Waals surface area contributed by atoms with Crippen LogP contribution >= 0.6 is 11.6 Å². The summed E-state index contributed by atoms with van der Waals surface area (Å²) >= 11 is 6.13. The van der Waals surface area contributed by atoms with Gasteiger partial charge in [-0.3, -0.25) is 4.79 Å². The van der Waals surface area contributed by atoms with Crippen molar-refractivity contribution in [3.8, 4) is 0 Å². The number of hydrogen-bond acceptors (Lipinski definition) is 2. The number of ether oxygens (including phenoxy) is 1. The van der Waals surface area contributed by atoms with Gasteiger partial charge in [0, 0.05) is 0 Å². The van der Waals surface area contributed by atoms with Crippen molar-refractivity contribution in [2.75, 3.05) is 6.61 Å². The molecular weight excluding hydrogens is 226 g/mol. The number of amides is 1. The Kier molecular flexibility index (Phi) is 4.33. The molecule has 0 heterocycles. The third-order valence-electron chi connectivity index (χ3n) is 2.29. The lowest BCUT2D eigenvalue weighted by molar-refractivity contribution is -0.122. The minimum atomic E-state index is -1.27. The molecule has 0 aromatic rings. The normalized spacial score (nSPS) is 27.8. The van der Waals surface area contributed by atoms with Gasteiger partial charge < -0.3 is 10.5 Å². The quantitative estimate of drug-likeness (QED) is 0.604. The van der Waals surface area contributed by atoms with Crippen LogP contribution in [0.1, 0.15) is 13.8 Å². The van der Waals surface area contributed by atoms with Gasteiger partial charge in [-0.1, -0.05) is 36.0 Å². The highest BCUT2D eigenvalue weighted by Gasteiger charge is 2.40. The number of alkyl halides is 1. The number of primary amides is 1. The maximum atomic E-state index is 11.3. The second-order valence-electron chi connectivity index (χ2n) is 3.91. The second kappa shape index (κ2) is 5.32. The largest absolute Gasteiger partial charge is 0.368 e. The van der Waals surface area contributed by atoms with Gasteiger partial charge in [-0.15, -0.1) is 11.6 Å². The van der Waals surface area contributed by atoms with Crippen LogP contribution in [0.5, 0.6) is 0 Å². The number of carbonyl (C=O) groups excluding carboxylic acids is 1. The van der Waals surface area contributed by atoms with E-state index < -0.39 is 16.9 Å². The van der Waals surface area contributed by atoms with Crippen LogP contribution in [-0.2, 0) is 9.53 Å². The average molecular weight is 242 g/mol.